The smallest absolute Gasteiger partial charge is 0.361 e. The molecule has 1 saturated carbocycles. The molecule has 7 heteroatoms. The summed E-state index contributed by atoms with van der Waals surface area (Å²) in [5, 5.41) is -0.831. The van der Waals surface area contributed by atoms with Gasteiger partial charge in [-0.1, -0.05) is 6.42 Å². The second kappa shape index (κ2) is 8.23. The van der Waals surface area contributed by atoms with Gasteiger partial charge in [-0.05, 0) is 59.5 Å². The van der Waals surface area contributed by atoms with Crippen molar-refractivity contribution >= 4 is 16.2 Å². The maximum Gasteiger partial charge on any atom is 0.361 e. The quantitative estimate of drug-likeness (QED) is 0.452. The molecule has 0 amide bonds. The molecule has 1 aliphatic carbocycles. The molecule has 0 aromatic rings. The lowest BCUT2D eigenvalue weighted by atomic mass is 9.97. The zero-order valence-corrected chi connectivity index (χ0v) is 16.0. The van der Waals surface area contributed by atoms with E-state index in [0.717, 1.165) is 19.3 Å². The highest BCUT2D eigenvalue weighted by molar-refractivity contribution is 7.55. The van der Waals surface area contributed by atoms with Gasteiger partial charge in [-0.15, -0.1) is 0 Å². The Kier molecular flexibility index (Phi) is 7.57. The fraction of sp³-hybridized carbons (Fsp3) is 1.00. The maximum absolute atomic E-state index is 13.4. The second-order valence-corrected chi connectivity index (χ2v) is 11.4. The monoisotopic (exact) mass is 338 g/mol. The van der Waals surface area contributed by atoms with Crippen molar-refractivity contribution in [1.29, 1.82) is 0 Å². The predicted molar refractivity (Wildman–Crippen MR) is 86.9 cm³/mol. The Labute approximate surface area is 130 Å². The molecule has 0 atom stereocenters. The molecule has 0 saturated heterocycles. The second-order valence-electron chi connectivity index (χ2n) is 5.77. The molecule has 5 nitrogen and oxygen atoms in total. The minimum Gasteiger partial charge on any atom is -0.395 e. The summed E-state index contributed by atoms with van der Waals surface area (Å²) in [4.78, 5) is 0. The maximum atomic E-state index is 13.4. The molecule has 0 radical (unpaired) electrons. The Morgan fingerprint density at radius 1 is 0.952 bits per heavy atom. The van der Waals surface area contributed by atoms with Crippen LogP contribution in [0, 0.1) is 0 Å². The van der Waals surface area contributed by atoms with Gasteiger partial charge in [0.25, 0.3) is 0 Å². The van der Waals surface area contributed by atoms with Crippen molar-refractivity contribution in [3.8, 4) is 0 Å². The van der Waals surface area contributed by atoms with E-state index < -0.39 is 21.5 Å². The van der Waals surface area contributed by atoms with Gasteiger partial charge < -0.3 is 17.9 Å². The largest absolute Gasteiger partial charge is 0.395 e. The number of hydrogen-bond acceptors (Lipinski definition) is 5. The van der Waals surface area contributed by atoms with Crippen LogP contribution >= 0.6 is 7.60 Å². The molecule has 0 aliphatic heterocycles. The predicted octanol–water partition coefficient (Wildman–Crippen LogP) is 4.67. The summed E-state index contributed by atoms with van der Waals surface area (Å²) in [6.45, 7) is 10.9. The Hall–Kier alpha value is 0.287. The van der Waals surface area contributed by atoms with Gasteiger partial charge in [0.05, 0.1) is 13.2 Å². The van der Waals surface area contributed by atoms with Gasteiger partial charge in [0.15, 0.2) is 5.34 Å². The lowest BCUT2D eigenvalue weighted by molar-refractivity contribution is 0.0255. The first-order valence-corrected chi connectivity index (χ1v) is 12.4. The van der Waals surface area contributed by atoms with E-state index in [9.17, 15) is 4.57 Å². The summed E-state index contributed by atoms with van der Waals surface area (Å²) in [5.41, 5.74) is 0. The molecule has 1 fully saturated rings. The van der Waals surface area contributed by atoms with Crippen molar-refractivity contribution in [1.82, 2.24) is 0 Å². The number of hydrogen-bond donors (Lipinski definition) is 0. The Balaban J connectivity index is 3.09. The normalized spacial score (nSPS) is 19.7. The van der Waals surface area contributed by atoms with E-state index in [1.807, 2.05) is 33.9 Å². The molecule has 126 valence electrons. The third-order valence-corrected chi connectivity index (χ3v) is 8.43. The van der Waals surface area contributed by atoms with Crippen LogP contribution in [-0.2, 0) is 22.5 Å². The van der Waals surface area contributed by atoms with Crippen LogP contribution < -0.4 is 0 Å². The van der Waals surface area contributed by atoms with E-state index in [1.165, 1.54) is 0 Å². The van der Waals surface area contributed by atoms with Gasteiger partial charge >= 0.3 is 16.2 Å². The summed E-state index contributed by atoms with van der Waals surface area (Å²) in [5.74, 6) is 0. The average Bonchev–Trinajstić information content (AvgIpc) is 2.39. The van der Waals surface area contributed by atoms with Crippen LogP contribution in [-0.4, -0.2) is 33.7 Å². The fourth-order valence-corrected chi connectivity index (χ4v) is 8.05. The van der Waals surface area contributed by atoms with E-state index in [2.05, 4.69) is 0 Å². The fourth-order valence-electron chi connectivity index (χ4n) is 2.98. The van der Waals surface area contributed by atoms with E-state index in [1.54, 1.807) is 0 Å². The van der Waals surface area contributed by atoms with E-state index in [-0.39, 0.29) is 0 Å². The zero-order chi connectivity index (χ0) is 16.0. The molecule has 21 heavy (non-hydrogen) atoms. The Morgan fingerprint density at radius 2 is 1.48 bits per heavy atom. The highest BCUT2D eigenvalue weighted by atomic mass is 31.2. The summed E-state index contributed by atoms with van der Waals surface area (Å²) in [6.07, 6.45) is 4.54. The highest BCUT2D eigenvalue weighted by Gasteiger charge is 2.55. The molecular formula is C14H31O5PSi. The molecular weight excluding hydrogens is 307 g/mol. The lowest BCUT2D eigenvalue weighted by Crippen LogP contribution is -2.48. The summed E-state index contributed by atoms with van der Waals surface area (Å²) < 4.78 is 36.8. The van der Waals surface area contributed by atoms with E-state index in [0.29, 0.717) is 32.7 Å². The summed E-state index contributed by atoms with van der Waals surface area (Å²) in [7, 11) is -5.68. The van der Waals surface area contributed by atoms with Crippen molar-refractivity contribution in [2.24, 2.45) is 0 Å². The molecule has 0 unspecified atom stereocenters. The van der Waals surface area contributed by atoms with Crippen LogP contribution in [0.3, 0.4) is 0 Å². The van der Waals surface area contributed by atoms with Crippen molar-refractivity contribution in [2.75, 3.05) is 19.8 Å². The van der Waals surface area contributed by atoms with Gasteiger partial charge in [-0.2, -0.15) is 0 Å². The van der Waals surface area contributed by atoms with Gasteiger partial charge in [-0.25, -0.2) is 0 Å². The molecule has 0 bridgehead atoms. The first kappa shape index (κ1) is 19.3. The minimum atomic E-state index is -3.31. The van der Waals surface area contributed by atoms with Gasteiger partial charge in [0.1, 0.15) is 0 Å². The molecule has 0 heterocycles. The third-order valence-electron chi connectivity index (χ3n) is 3.66. The Morgan fingerprint density at radius 3 is 1.90 bits per heavy atom. The number of rotatable bonds is 9. The van der Waals surface area contributed by atoms with Crippen molar-refractivity contribution < 1.29 is 22.5 Å². The van der Waals surface area contributed by atoms with Gasteiger partial charge in [0, 0.05) is 6.61 Å². The first-order chi connectivity index (χ1) is 9.85. The lowest BCUT2D eigenvalue weighted by Gasteiger charge is -2.45. The minimum absolute atomic E-state index is 0.360. The van der Waals surface area contributed by atoms with Gasteiger partial charge in [-0.3, -0.25) is 4.57 Å². The molecule has 0 aromatic carbocycles. The van der Waals surface area contributed by atoms with E-state index in [4.69, 9.17) is 17.9 Å². The highest BCUT2D eigenvalue weighted by Crippen LogP contribution is 2.66. The van der Waals surface area contributed by atoms with E-state index >= 15 is 0 Å². The summed E-state index contributed by atoms with van der Waals surface area (Å²) >= 11 is 0. The topological polar surface area (TPSA) is 54.0 Å². The SMILES string of the molecule is CCO[Si](C)(C)OC1(P(=O)(OCC)OCC)CCCCC1. The molecule has 0 spiro atoms. The van der Waals surface area contributed by atoms with Crippen molar-refractivity contribution in [3.05, 3.63) is 0 Å². The van der Waals surface area contributed by atoms with Gasteiger partial charge in [0.2, 0.25) is 0 Å². The molecule has 0 aromatic heterocycles. The zero-order valence-electron chi connectivity index (χ0n) is 14.1. The Bertz CT molecular complexity index is 345. The van der Waals surface area contributed by atoms with Crippen LogP contribution in [0.15, 0.2) is 0 Å². The molecule has 0 N–H and O–H groups in total. The van der Waals surface area contributed by atoms with Crippen LogP contribution in [0.5, 0.6) is 0 Å². The van der Waals surface area contributed by atoms with Crippen molar-refractivity contribution in [2.45, 2.75) is 71.3 Å². The third kappa shape index (κ3) is 4.88. The molecule has 1 aliphatic rings. The molecule has 1 rings (SSSR count). The van der Waals surface area contributed by atoms with Crippen LogP contribution in [0.4, 0.5) is 0 Å². The van der Waals surface area contributed by atoms with Crippen molar-refractivity contribution in [3.63, 3.8) is 0 Å². The standard InChI is InChI=1S/C14H31O5PSi/c1-6-16-20(15,17-7-2)14(12-10-9-11-13-14)19-21(4,5)18-8-3/h6-13H2,1-5H3. The average molecular weight is 338 g/mol. The summed E-state index contributed by atoms with van der Waals surface area (Å²) in [6, 6.07) is 0. The van der Waals surface area contributed by atoms with Crippen LogP contribution in [0.1, 0.15) is 52.9 Å². The van der Waals surface area contributed by atoms with Crippen LogP contribution in [0.25, 0.3) is 0 Å². The van der Waals surface area contributed by atoms with Crippen LogP contribution in [0.2, 0.25) is 13.1 Å². The first-order valence-electron chi connectivity index (χ1n) is 8.08.